The van der Waals surface area contributed by atoms with Gasteiger partial charge in [-0.1, -0.05) is 57.0 Å². The molecule has 0 aliphatic carbocycles. The Bertz CT molecular complexity index is 453. The van der Waals surface area contributed by atoms with Crippen molar-refractivity contribution in [2.75, 3.05) is 19.8 Å². The van der Waals surface area contributed by atoms with Gasteiger partial charge in [-0.2, -0.15) is 5.10 Å². The zero-order chi connectivity index (χ0) is 16.8. The van der Waals surface area contributed by atoms with Crippen LogP contribution in [-0.4, -0.2) is 31.1 Å². The highest BCUT2D eigenvalue weighted by Crippen LogP contribution is 2.25. The number of hydrogen-bond donors (Lipinski definition) is 2. The summed E-state index contributed by atoms with van der Waals surface area (Å²) in [6.07, 6.45) is 10.5. The zero-order valence-electron chi connectivity index (χ0n) is 14.1. The smallest absolute Gasteiger partial charge is 0.137 e. The Hall–Kier alpha value is -1.26. The van der Waals surface area contributed by atoms with Crippen LogP contribution in [0.3, 0.4) is 0 Å². The molecule has 5 heteroatoms. The number of hydrogen-bond acceptors (Lipinski definition) is 4. The third kappa shape index (κ3) is 9.47. The molecule has 0 aliphatic rings. The van der Waals surface area contributed by atoms with Crippen LogP contribution in [0.2, 0.25) is 5.02 Å². The average Bonchev–Trinajstić information content (AvgIpc) is 2.55. The molecular weight excluding hydrogens is 312 g/mol. The lowest BCUT2D eigenvalue weighted by molar-refractivity contribution is 0.294. The van der Waals surface area contributed by atoms with Gasteiger partial charge in [0.25, 0.3) is 0 Å². The molecule has 4 nitrogen and oxygen atoms in total. The van der Waals surface area contributed by atoms with E-state index in [0.29, 0.717) is 18.2 Å². The molecule has 130 valence electrons. The number of aliphatic hydroxyl groups excluding tert-OH is 1. The van der Waals surface area contributed by atoms with Crippen molar-refractivity contribution in [2.45, 2.75) is 51.9 Å². The second-order valence-electron chi connectivity index (χ2n) is 5.55. The van der Waals surface area contributed by atoms with Crippen molar-refractivity contribution in [3.8, 4) is 5.75 Å². The molecule has 0 heterocycles. The summed E-state index contributed by atoms with van der Waals surface area (Å²) in [5.74, 6) is 0.720. The molecule has 0 aliphatic heterocycles. The summed E-state index contributed by atoms with van der Waals surface area (Å²) in [6, 6.07) is 5.61. The van der Waals surface area contributed by atoms with Crippen molar-refractivity contribution in [3.63, 3.8) is 0 Å². The van der Waals surface area contributed by atoms with Gasteiger partial charge < -0.3 is 15.3 Å². The summed E-state index contributed by atoms with van der Waals surface area (Å²) < 4.78 is 5.74. The van der Waals surface area contributed by atoms with E-state index >= 15 is 0 Å². The van der Waals surface area contributed by atoms with Crippen LogP contribution in [-0.2, 0) is 0 Å². The number of halogens is 1. The van der Waals surface area contributed by atoms with Crippen LogP contribution >= 0.6 is 11.6 Å². The van der Waals surface area contributed by atoms with Gasteiger partial charge in [-0.05, 0) is 30.2 Å². The summed E-state index contributed by atoms with van der Waals surface area (Å²) in [6.45, 7) is 3.44. The minimum atomic E-state index is 0.0590. The number of nitrogens with zero attached hydrogens (tertiary/aromatic N) is 1. The minimum Gasteiger partial charge on any atom is -0.492 e. The van der Waals surface area contributed by atoms with Crippen molar-refractivity contribution in [1.82, 2.24) is 5.43 Å². The van der Waals surface area contributed by atoms with Crippen LogP contribution < -0.4 is 10.2 Å². The molecule has 0 spiro atoms. The molecule has 0 bridgehead atoms. The summed E-state index contributed by atoms with van der Waals surface area (Å²) in [4.78, 5) is 0. The van der Waals surface area contributed by atoms with E-state index in [-0.39, 0.29) is 6.61 Å². The van der Waals surface area contributed by atoms with E-state index in [9.17, 15) is 0 Å². The summed E-state index contributed by atoms with van der Waals surface area (Å²) in [5, 5.41) is 13.2. The normalized spacial score (nSPS) is 11.1. The average molecular weight is 341 g/mol. The quantitative estimate of drug-likeness (QED) is 0.318. The first-order chi connectivity index (χ1) is 11.3. The van der Waals surface area contributed by atoms with E-state index in [1.807, 2.05) is 18.2 Å². The van der Waals surface area contributed by atoms with Crippen molar-refractivity contribution in [2.24, 2.45) is 5.10 Å². The Balaban J connectivity index is 2.23. The first-order valence-electron chi connectivity index (χ1n) is 8.57. The van der Waals surface area contributed by atoms with Crippen LogP contribution in [0, 0.1) is 0 Å². The van der Waals surface area contributed by atoms with Crippen LogP contribution in [0.15, 0.2) is 23.3 Å². The number of aliphatic hydroxyl groups is 1. The lowest BCUT2D eigenvalue weighted by atomic mass is 10.1. The Morgan fingerprint density at radius 1 is 1.17 bits per heavy atom. The second-order valence-corrected chi connectivity index (χ2v) is 5.96. The largest absolute Gasteiger partial charge is 0.492 e. The van der Waals surface area contributed by atoms with E-state index in [1.165, 1.54) is 38.5 Å². The maximum absolute atomic E-state index is 8.64. The van der Waals surface area contributed by atoms with Crippen molar-refractivity contribution in [1.29, 1.82) is 0 Å². The first kappa shape index (κ1) is 19.8. The summed E-state index contributed by atoms with van der Waals surface area (Å²) in [5.41, 5.74) is 3.62. The Kier molecular flexibility index (Phi) is 11.4. The monoisotopic (exact) mass is 340 g/mol. The number of ether oxygens (including phenoxy) is 1. The highest BCUT2D eigenvalue weighted by atomic mass is 35.5. The van der Waals surface area contributed by atoms with Gasteiger partial charge in [0.2, 0.25) is 0 Å². The van der Waals surface area contributed by atoms with E-state index in [4.69, 9.17) is 21.4 Å². The highest BCUT2D eigenvalue weighted by Gasteiger charge is 2.02. The molecule has 0 saturated carbocycles. The predicted octanol–water partition coefficient (Wildman–Crippen LogP) is 4.39. The molecule has 0 aromatic heterocycles. The van der Waals surface area contributed by atoms with Gasteiger partial charge in [0, 0.05) is 0 Å². The molecule has 0 saturated heterocycles. The van der Waals surface area contributed by atoms with Crippen LogP contribution in [0.4, 0.5) is 0 Å². The van der Waals surface area contributed by atoms with Gasteiger partial charge in [0.15, 0.2) is 0 Å². The lowest BCUT2D eigenvalue weighted by Gasteiger charge is -2.08. The minimum absolute atomic E-state index is 0.0590. The molecule has 0 unspecified atom stereocenters. The third-order valence-corrected chi connectivity index (χ3v) is 3.79. The topological polar surface area (TPSA) is 53.8 Å². The molecule has 1 rings (SSSR count). The molecule has 0 atom stereocenters. The Morgan fingerprint density at radius 3 is 2.61 bits per heavy atom. The van der Waals surface area contributed by atoms with Crippen LogP contribution in [0.1, 0.15) is 57.4 Å². The molecule has 2 N–H and O–H groups in total. The lowest BCUT2D eigenvalue weighted by Crippen LogP contribution is -2.11. The molecular formula is C18H29ClN2O2. The standard InChI is InChI=1S/C18H29ClN2O2/c1-2-3-4-5-6-7-8-13-23-18-10-9-16(14-17(18)19)15-21-20-11-12-22/h9-10,14-15,20,22H,2-8,11-13H2,1H3/b21-15+. The fourth-order valence-corrected chi connectivity index (χ4v) is 2.43. The number of rotatable bonds is 13. The van der Waals surface area contributed by atoms with Gasteiger partial charge in [-0.25, -0.2) is 0 Å². The number of hydrazone groups is 1. The Morgan fingerprint density at radius 2 is 1.91 bits per heavy atom. The molecule has 1 aromatic rings. The molecule has 0 amide bonds. The molecule has 0 fully saturated rings. The third-order valence-electron chi connectivity index (χ3n) is 3.49. The fraction of sp³-hybridized carbons (Fsp3) is 0.611. The van der Waals surface area contributed by atoms with Gasteiger partial charge in [-0.15, -0.1) is 0 Å². The van der Waals surface area contributed by atoms with Gasteiger partial charge in [0.05, 0.1) is 31.0 Å². The van der Waals surface area contributed by atoms with E-state index in [1.54, 1.807) is 6.21 Å². The number of nitrogens with one attached hydrogen (secondary N) is 1. The predicted molar refractivity (Wildman–Crippen MR) is 97.6 cm³/mol. The van der Waals surface area contributed by atoms with Gasteiger partial charge in [0.1, 0.15) is 5.75 Å². The van der Waals surface area contributed by atoms with E-state index in [0.717, 1.165) is 17.7 Å². The van der Waals surface area contributed by atoms with Crippen LogP contribution in [0.5, 0.6) is 5.75 Å². The highest BCUT2D eigenvalue weighted by molar-refractivity contribution is 6.32. The molecule has 23 heavy (non-hydrogen) atoms. The Labute approximate surface area is 144 Å². The second kappa shape index (κ2) is 13.2. The van der Waals surface area contributed by atoms with Crippen LogP contribution in [0.25, 0.3) is 0 Å². The van der Waals surface area contributed by atoms with E-state index < -0.39 is 0 Å². The first-order valence-corrected chi connectivity index (χ1v) is 8.95. The molecule has 1 aromatic carbocycles. The summed E-state index contributed by atoms with van der Waals surface area (Å²) >= 11 is 6.22. The number of benzene rings is 1. The van der Waals surface area contributed by atoms with Gasteiger partial charge in [-0.3, -0.25) is 0 Å². The van der Waals surface area contributed by atoms with Crippen molar-refractivity contribution in [3.05, 3.63) is 28.8 Å². The maximum Gasteiger partial charge on any atom is 0.137 e. The maximum atomic E-state index is 8.64. The SMILES string of the molecule is CCCCCCCCCOc1ccc(/C=N/NCCO)cc1Cl. The zero-order valence-corrected chi connectivity index (χ0v) is 14.8. The summed E-state index contributed by atoms with van der Waals surface area (Å²) in [7, 11) is 0. The molecule has 0 radical (unpaired) electrons. The fourth-order valence-electron chi connectivity index (χ4n) is 2.19. The van der Waals surface area contributed by atoms with Crippen molar-refractivity contribution >= 4 is 17.8 Å². The van der Waals surface area contributed by atoms with E-state index in [2.05, 4.69) is 17.5 Å². The van der Waals surface area contributed by atoms with Crippen molar-refractivity contribution < 1.29 is 9.84 Å². The number of unbranched alkanes of at least 4 members (excludes halogenated alkanes) is 6. The van der Waals surface area contributed by atoms with Gasteiger partial charge >= 0.3 is 0 Å².